The molecule has 0 aliphatic rings. The van der Waals surface area contributed by atoms with Gasteiger partial charge in [-0.2, -0.15) is 0 Å². The van der Waals surface area contributed by atoms with E-state index < -0.39 is 0 Å². The first-order valence-electron chi connectivity index (χ1n) is 8.99. The molecule has 0 fully saturated rings. The van der Waals surface area contributed by atoms with Gasteiger partial charge in [-0.1, -0.05) is 18.2 Å². The molecule has 2 aromatic rings. The number of nitrogens with zero attached hydrogens (tertiary/aromatic N) is 2. The third kappa shape index (κ3) is 7.35. The molecule has 0 saturated heterocycles. The van der Waals surface area contributed by atoms with E-state index in [1.54, 1.807) is 13.2 Å². The second-order valence-corrected chi connectivity index (χ2v) is 5.94. The second kappa shape index (κ2) is 10.8. The van der Waals surface area contributed by atoms with Gasteiger partial charge in [-0.15, -0.1) is 0 Å². The summed E-state index contributed by atoms with van der Waals surface area (Å²) in [5, 5.41) is 9.14. The number of benzene rings is 1. The number of pyridine rings is 1. The van der Waals surface area contributed by atoms with E-state index >= 15 is 0 Å². The topological polar surface area (TPSA) is 87.6 Å². The zero-order valence-electron chi connectivity index (χ0n) is 16.1. The molecule has 0 bridgehead atoms. The van der Waals surface area contributed by atoms with Gasteiger partial charge in [-0.05, 0) is 43.7 Å². The summed E-state index contributed by atoms with van der Waals surface area (Å²) in [7, 11) is 1.64. The van der Waals surface area contributed by atoms with Crippen LogP contribution in [0.15, 0.2) is 47.5 Å². The van der Waals surface area contributed by atoms with Crippen LogP contribution in [0.2, 0.25) is 0 Å². The van der Waals surface area contributed by atoms with Gasteiger partial charge in [0.05, 0.1) is 13.7 Å². The van der Waals surface area contributed by atoms with Crippen molar-refractivity contribution in [1.29, 1.82) is 0 Å². The smallest absolute Gasteiger partial charge is 0.227 e. The molecule has 0 radical (unpaired) electrons. The number of rotatable bonds is 8. The van der Waals surface area contributed by atoms with Crippen molar-refractivity contribution < 1.29 is 9.53 Å². The summed E-state index contributed by atoms with van der Waals surface area (Å²) in [6, 6.07) is 13.3. The van der Waals surface area contributed by atoms with Crippen molar-refractivity contribution in [1.82, 2.24) is 15.6 Å². The normalized spacial score (nSPS) is 11.0. The van der Waals surface area contributed by atoms with Crippen molar-refractivity contribution in [3.05, 3.63) is 53.7 Å². The van der Waals surface area contributed by atoms with Gasteiger partial charge in [0.15, 0.2) is 5.96 Å². The Kier molecular flexibility index (Phi) is 8.09. The Morgan fingerprint density at radius 3 is 2.74 bits per heavy atom. The zero-order chi connectivity index (χ0) is 19.5. The zero-order valence-corrected chi connectivity index (χ0v) is 16.1. The maximum absolute atomic E-state index is 12.0. The van der Waals surface area contributed by atoms with Gasteiger partial charge in [0.25, 0.3) is 0 Å². The van der Waals surface area contributed by atoms with E-state index in [0.29, 0.717) is 31.3 Å². The first-order chi connectivity index (χ1) is 13.1. The lowest BCUT2D eigenvalue weighted by Crippen LogP contribution is -2.38. The van der Waals surface area contributed by atoms with Crippen LogP contribution in [-0.2, 0) is 11.3 Å². The van der Waals surface area contributed by atoms with Gasteiger partial charge in [0, 0.05) is 25.2 Å². The fourth-order valence-electron chi connectivity index (χ4n) is 2.40. The Balaban J connectivity index is 1.83. The number of aryl methyl sites for hydroxylation is 1. The standard InChI is InChI=1S/C20H27N5O2/c1-4-21-20(23-14-16-8-6-9-17(13-16)27-3)22-12-11-19(26)25-18-10-5-7-15(2)24-18/h5-10,13H,4,11-12,14H2,1-3H3,(H2,21,22,23)(H,24,25,26). The number of carbonyl (C=O) groups is 1. The summed E-state index contributed by atoms with van der Waals surface area (Å²) in [5.74, 6) is 1.95. The average molecular weight is 369 g/mol. The van der Waals surface area contributed by atoms with E-state index in [1.807, 2.05) is 50.2 Å². The van der Waals surface area contributed by atoms with Crippen molar-refractivity contribution in [2.75, 3.05) is 25.5 Å². The monoisotopic (exact) mass is 369 g/mol. The molecular weight excluding hydrogens is 342 g/mol. The number of ether oxygens (including phenoxy) is 1. The lowest BCUT2D eigenvalue weighted by molar-refractivity contribution is -0.116. The minimum atomic E-state index is -0.0933. The lowest BCUT2D eigenvalue weighted by atomic mass is 10.2. The molecular formula is C20H27N5O2. The Morgan fingerprint density at radius 1 is 1.19 bits per heavy atom. The van der Waals surface area contributed by atoms with Crippen LogP contribution in [-0.4, -0.2) is 37.1 Å². The van der Waals surface area contributed by atoms with Crippen molar-refractivity contribution >= 4 is 17.7 Å². The Bertz CT molecular complexity index is 776. The third-order valence-electron chi connectivity index (χ3n) is 3.70. The van der Waals surface area contributed by atoms with E-state index in [1.165, 1.54) is 0 Å². The minimum Gasteiger partial charge on any atom is -0.497 e. The van der Waals surface area contributed by atoms with E-state index in [0.717, 1.165) is 23.6 Å². The number of aliphatic imine (C=N–C) groups is 1. The fraction of sp³-hybridized carbons (Fsp3) is 0.350. The van der Waals surface area contributed by atoms with E-state index in [4.69, 9.17) is 4.74 Å². The number of guanidine groups is 1. The molecule has 7 nitrogen and oxygen atoms in total. The summed E-state index contributed by atoms with van der Waals surface area (Å²) in [4.78, 5) is 20.9. The van der Waals surface area contributed by atoms with Gasteiger partial charge in [0.2, 0.25) is 5.91 Å². The van der Waals surface area contributed by atoms with E-state index in [2.05, 4.69) is 25.9 Å². The molecule has 27 heavy (non-hydrogen) atoms. The number of methoxy groups -OCH3 is 1. The molecule has 1 aromatic heterocycles. The van der Waals surface area contributed by atoms with Crippen LogP contribution < -0.4 is 20.7 Å². The van der Waals surface area contributed by atoms with Crippen molar-refractivity contribution in [2.45, 2.75) is 26.8 Å². The molecule has 7 heteroatoms. The Morgan fingerprint density at radius 2 is 2.00 bits per heavy atom. The minimum absolute atomic E-state index is 0.0933. The summed E-state index contributed by atoms with van der Waals surface area (Å²) in [6.45, 7) is 5.62. The maximum atomic E-state index is 12.0. The Hall–Kier alpha value is -3.09. The van der Waals surface area contributed by atoms with Crippen LogP contribution in [0.25, 0.3) is 0 Å². The van der Waals surface area contributed by atoms with Gasteiger partial charge in [-0.3, -0.25) is 4.79 Å². The van der Waals surface area contributed by atoms with Crippen molar-refractivity contribution in [3.8, 4) is 5.75 Å². The molecule has 144 valence electrons. The molecule has 3 N–H and O–H groups in total. The van der Waals surface area contributed by atoms with Crippen LogP contribution in [0.1, 0.15) is 24.6 Å². The van der Waals surface area contributed by atoms with Gasteiger partial charge >= 0.3 is 0 Å². The van der Waals surface area contributed by atoms with Crippen LogP contribution in [0, 0.1) is 6.92 Å². The summed E-state index contributed by atoms with van der Waals surface area (Å²) in [5.41, 5.74) is 1.92. The highest BCUT2D eigenvalue weighted by molar-refractivity contribution is 5.90. The highest BCUT2D eigenvalue weighted by Gasteiger charge is 2.05. The largest absolute Gasteiger partial charge is 0.497 e. The molecule has 0 unspecified atom stereocenters. The molecule has 0 saturated carbocycles. The molecule has 1 heterocycles. The quantitative estimate of drug-likeness (QED) is 0.491. The SMILES string of the molecule is CCNC(=NCc1cccc(OC)c1)NCCC(=O)Nc1cccc(C)n1. The van der Waals surface area contributed by atoms with E-state index in [9.17, 15) is 4.79 Å². The van der Waals surface area contributed by atoms with Gasteiger partial charge in [-0.25, -0.2) is 9.98 Å². The number of anilines is 1. The number of nitrogens with one attached hydrogen (secondary N) is 3. The molecule has 1 aromatic carbocycles. The fourth-order valence-corrected chi connectivity index (χ4v) is 2.40. The van der Waals surface area contributed by atoms with Crippen LogP contribution >= 0.6 is 0 Å². The Labute approximate surface area is 160 Å². The summed E-state index contributed by atoms with van der Waals surface area (Å²) < 4.78 is 5.23. The molecule has 0 spiro atoms. The first kappa shape index (κ1) is 20.2. The van der Waals surface area contributed by atoms with E-state index in [-0.39, 0.29) is 5.91 Å². The maximum Gasteiger partial charge on any atom is 0.227 e. The molecule has 2 rings (SSSR count). The van der Waals surface area contributed by atoms with Crippen LogP contribution in [0.4, 0.5) is 5.82 Å². The predicted octanol–water partition coefficient (Wildman–Crippen LogP) is 2.48. The number of hydrogen-bond donors (Lipinski definition) is 3. The highest BCUT2D eigenvalue weighted by atomic mass is 16.5. The average Bonchev–Trinajstić information content (AvgIpc) is 2.66. The van der Waals surface area contributed by atoms with Crippen LogP contribution in [0.5, 0.6) is 5.75 Å². The van der Waals surface area contributed by atoms with Gasteiger partial charge in [0.1, 0.15) is 11.6 Å². The predicted molar refractivity (Wildman–Crippen MR) is 108 cm³/mol. The first-order valence-corrected chi connectivity index (χ1v) is 8.99. The highest BCUT2D eigenvalue weighted by Crippen LogP contribution is 2.13. The molecule has 0 aliphatic carbocycles. The molecule has 0 aliphatic heterocycles. The van der Waals surface area contributed by atoms with Gasteiger partial charge < -0.3 is 20.7 Å². The lowest BCUT2D eigenvalue weighted by Gasteiger charge is -2.11. The summed E-state index contributed by atoms with van der Waals surface area (Å²) >= 11 is 0. The molecule has 0 atom stereocenters. The third-order valence-corrected chi connectivity index (χ3v) is 3.70. The number of amides is 1. The number of carbonyl (C=O) groups excluding carboxylic acids is 1. The number of aromatic nitrogens is 1. The second-order valence-electron chi connectivity index (χ2n) is 5.94. The van der Waals surface area contributed by atoms with Crippen LogP contribution in [0.3, 0.4) is 0 Å². The van der Waals surface area contributed by atoms with Crippen molar-refractivity contribution in [3.63, 3.8) is 0 Å². The number of hydrogen-bond acceptors (Lipinski definition) is 4. The van der Waals surface area contributed by atoms with Crippen molar-refractivity contribution in [2.24, 2.45) is 4.99 Å². The summed E-state index contributed by atoms with van der Waals surface area (Å²) in [6.07, 6.45) is 0.319. The molecule has 1 amide bonds.